The highest BCUT2D eigenvalue weighted by atomic mass is 35.5. The van der Waals surface area contributed by atoms with Crippen LogP contribution in [0.3, 0.4) is 0 Å². The van der Waals surface area contributed by atoms with Crippen molar-refractivity contribution in [3.63, 3.8) is 0 Å². The maximum absolute atomic E-state index is 13.3. The van der Waals surface area contributed by atoms with Gasteiger partial charge < -0.3 is 0 Å². The fourth-order valence-corrected chi connectivity index (χ4v) is 1.90. The van der Waals surface area contributed by atoms with Crippen molar-refractivity contribution >= 4 is 35.1 Å². The molecule has 2 rings (SSSR count). The van der Waals surface area contributed by atoms with Gasteiger partial charge in [0.25, 0.3) is 0 Å². The monoisotopic (exact) mass is 336 g/mol. The van der Waals surface area contributed by atoms with Gasteiger partial charge in [-0.05, 0) is 12.1 Å². The lowest BCUT2D eigenvalue weighted by atomic mass is 10.2. The van der Waals surface area contributed by atoms with Crippen LogP contribution in [0.2, 0.25) is 10.0 Å². The minimum atomic E-state index is -1.58. The van der Waals surface area contributed by atoms with Gasteiger partial charge in [-0.3, -0.25) is 5.43 Å². The van der Waals surface area contributed by atoms with Crippen LogP contribution in [0.25, 0.3) is 0 Å². The third-order valence-corrected chi connectivity index (χ3v) is 3.02. The summed E-state index contributed by atoms with van der Waals surface area (Å²) in [5.41, 5.74) is 1.26. The van der Waals surface area contributed by atoms with Gasteiger partial charge in [-0.2, -0.15) is 5.10 Å². The van der Waals surface area contributed by atoms with Crippen molar-refractivity contribution in [2.75, 3.05) is 5.43 Å². The molecule has 0 fully saturated rings. The summed E-state index contributed by atoms with van der Waals surface area (Å²) >= 11 is 11.5. The molecule has 0 radical (unpaired) electrons. The summed E-state index contributed by atoms with van der Waals surface area (Å²) in [7, 11) is 0. The summed E-state index contributed by atoms with van der Waals surface area (Å²) < 4.78 is 52.6. The predicted octanol–water partition coefficient (Wildman–Crippen LogP) is 5.00. The Hall–Kier alpha value is -1.79. The van der Waals surface area contributed by atoms with Crippen LogP contribution in [0.1, 0.15) is 5.56 Å². The standard InChI is InChI=1S/C13H6Cl2F4N2/c14-7-2-1-6(8(15)3-7)5-20-21-13-11(18)9(16)4-10(17)12(13)19/h1-5,21H. The maximum atomic E-state index is 13.3. The largest absolute Gasteiger partial charge is 0.272 e. The lowest BCUT2D eigenvalue weighted by Crippen LogP contribution is -2.02. The highest BCUT2D eigenvalue weighted by Crippen LogP contribution is 2.24. The Morgan fingerprint density at radius 2 is 1.57 bits per heavy atom. The fraction of sp³-hybridized carbons (Fsp3) is 0. The Bertz CT molecular complexity index is 694. The van der Waals surface area contributed by atoms with Crippen LogP contribution in [0.5, 0.6) is 0 Å². The lowest BCUT2D eigenvalue weighted by molar-refractivity contribution is 0.458. The van der Waals surface area contributed by atoms with Gasteiger partial charge in [-0.25, -0.2) is 17.6 Å². The van der Waals surface area contributed by atoms with Crippen molar-refractivity contribution in [1.82, 2.24) is 0 Å². The SMILES string of the molecule is Fc1cc(F)c(F)c(NN=Cc2ccc(Cl)cc2Cl)c1F. The van der Waals surface area contributed by atoms with Gasteiger partial charge >= 0.3 is 0 Å². The molecule has 0 heterocycles. The molecule has 0 aliphatic carbocycles. The van der Waals surface area contributed by atoms with Crippen LogP contribution in [0, 0.1) is 23.3 Å². The minimum Gasteiger partial charge on any atom is -0.272 e. The molecule has 110 valence electrons. The van der Waals surface area contributed by atoms with Gasteiger partial charge in [0.05, 0.1) is 11.2 Å². The van der Waals surface area contributed by atoms with Crippen LogP contribution in [-0.2, 0) is 0 Å². The van der Waals surface area contributed by atoms with Gasteiger partial charge in [0.15, 0.2) is 23.3 Å². The number of hydrazone groups is 1. The zero-order chi connectivity index (χ0) is 15.6. The van der Waals surface area contributed by atoms with Crippen molar-refractivity contribution in [2.45, 2.75) is 0 Å². The van der Waals surface area contributed by atoms with Crippen molar-refractivity contribution in [3.05, 3.63) is 63.1 Å². The van der Waals surface area contributed by atoms with E-state index >= 15 is 0 Å². The summed E-state index contributed by atoms with van der Waals surface area (Å²) in [4.78, 5) is 0. The third kappa shape index (κ3) is 3.46. The van der Waals surface area contributed by atoms with Crippen molar-refractivity contribution < 1.29 is 17.6 Å². The molecule has 2 nitrogen and oxygen atoms in total. The highest BCUT2D eigenvalue weighted by Gasteiger charge is 2.18. The lowest BCUT2D eigenvalue weighted by Gasteiger charge is -2.05. The minimum absolute atomic E-state index is 0.107. The van der Waals surface area contributed by atoms with E-state index < -0.39 is 29.0 Å². The van der Waals surface area contributed by atoms with Crippen LogP contribution < -0.4 is 5.43 Å². The molecule has 0 spiro atoms. The van der Waals surface area contributed by atoms with Crippen LogP contribution in [0.4, 0.5) is 23.2 Å². The first-order chi connectivity index (χ1) is 9.90. The molecule has 2 aromatic rings. The van der Waals surface area contributed by atoms with E-state index in [1.165, 1.54) is 18.2 Å². The summed E-state index contributed by atoms with van der Waals surface area (Å²) in [5, 5.41) is 4.14. The second kappa shape index (κ2) is 6.32. The highest BCUT2D eigenvalue weighted by molar-refractivity contribution is 6.36. The number of nitrogens with zero attached hydrogens (tertiary/aromatic N) is 1. The van der Waals surface area contributed by atoms with E-state index in [1.54, 1.807) is 0 Å². The van der Waals surface area contributed by atoms with E-state index in [0.29, 0.717) is 10.6 Å². The maximum Gasteiger partial charge on any atom is 0.186 e. The zero-order valence-electron chi connectivity index (χ0n) is 10.1. The first-order valence-electron chi connectivity index (χ1n) is 5.47. The molecule has 21 heavy (non-hydrogen) atoms. The molecular weight excluding hydrogens is 331 g/mol. The molecule has 0 atom stereocenters. The number of halogens is 6. The second-order valence-electron chi connectivity index (χ2n) is 3.88. The van der Waals surface area contributed by atoms with E-state index in [0.717, 1.165) is 6.21 Å². The van der Waals surface area contributed by atoms with Crippen LogP contribution >= 0.6 is 23.2 Å². The van der Waals surface area contributed by atoms with E-state index in [9.17, 15) is 17.6 Å². The molecule has 0 aliphatic heterocycles. The van der Waals surface area contributed by atoms with E-state index in [1.807, 2.05) is 5.43 Å². The van der Waals surface area contributed by atoms with Crippen molar-refractivity contribution in [2.24, 2.45) is 5.10 Å². The van der Waals surface area contributed by atoms with Crippen molar-refractivity contribution in [3.8, 4) is 0 Å². The summed E-state index contributed by atoms with van der Waals surface area (Å²) in [5.74, 6) is -6.21. The van der Waals surface area contributed by atoms with Gasteiger partial charge in [-0.15, -0.1) is 0 Å². The normalized spacial score (nSPS) is 11.1. The topological polar surface area (TPSA) is 24.4 Å². The Balaban J connectivity index is 2.26. The molecule has 8 heteroatoms. The zero-order valence-corrected chi connectivity index (χ0v) is 11.6. The fourth-order valence-electron chi connectivity index (χ4n) is 1.44. The number of hydrogen-bond acceptors (Lipinski definition) is 2. The summed E-state index contributed by atoms with van der Waals surface area (Å²) in [6.45, 7) is 0. The molecule has 0 aliphatic rings. The molecule has 0 saturated carbocycles. The smallest absolute Gasteiger partial charge is 0.186 e. The van der Waals surface area contributed by atoms with Gasteiger partial charge in [-0.1, -0.05) is 29.3 Å². The van der Waals surface area contributed by atoms with Gasteiger partial charge in [0, 0.05) is 16.7 Å². The second-order valence-corrected chi connectivity index (χ2v) is 4.72. The molecule has 2 aromatic carbocycles. The predicted molar refractivity (Wildman–Crippen MR) is 74.0 cm³/mol. The molecule has 0 saturated heterocycles. The van der Waals surface area contributed by atoms with E-state index in [2.05, 4.69) is 5.10 Å². The number of rotatable bonds is 3. The molecule has 0 unspecified atom stereocenters. The van der Waals surface area contributed by atoms with Crippen molar-refractivity contribution in [1.29, 1.82) is 0 Å². The third-order valence-electron chi connectivity index (χ3n) is 2.45. The Morgan fingerprint density at radius 3 is 2.14 bits per heavy atom. The number of anilines is 1. The number of hydrogen-bond donors (Lipinski definition) is 1. The molecule has 0 bridgehead atoms. The number of nitrogens with one attached hydrogen (secondary N) is 1. The quantitative estimate of drug-likeness (QED) is 0.363. The molecular formula is C13H6Cl2F4N2. The molecule has 0 amide bonds. The molecule has 1 N–H and O–H groups in total. The first kappa shape index (κ1) is 15.6. The van der Waals surface area contributed by atoms with E-state index in [4.69, 9.17) is 23.2 Å². The Labute approximate surface area is 127 Å². The van der Waals surface area contributed by atoms with Crippen LogP contribution in [0.15, 0.2) is 29.4 Å². The van der Waals surface area contributed by atoms with E-state index in [-0.39, 0.29) is 11.1 Å². The number of benzene rings is 2. The average molecular weight is 337 g/mol. The molecule has 0 aromatic heterocycles. The van der Waals surface area contributed by atoms with Gasteiger partial charge in [0.2, 0.25) is 0 Å². The Morgan fingerprint density at radius 1 is 0.952 bits per heavy atom. The average Bonchev–Trinajstić information content (AvgIpc) is 2.42. The van der Waals surface area contributed by atoms with Gasteiger partial charge in [0.1, 0.15) is 5.69 Å². The Kier molecular flexibility index (Phi) is 4.69. The summed E-state index contributed by atoms with van der Waals surface area (Å²) in [6, 6.07) is 4.58. The van der Waals surface area contributed by atoms with Crippen LogP contribution in [-0.4, -0.2) is 6.21 Å². The summed E-state index contributed by atoms with van der Waals surface area (Å²) in [6.07, 6.45) is 1.13. The first-order valence-corrected chi connectivity index (χ1v) is 6.23.